The molecule has 0 amide bonds. The number of hydrogen-bond donors (Lipinski definition) is 0. The van der Waals surface area contributed by atoms with Crippen molar-refractivity contribution in [3.63, 3.8) is 0 Å². The van der Waals surface area contributed by atoms with Crippen molar-refractivity contribution in [1.82, 2.24) is 4.57 Å². The van der Waals surface area contributed by atoms with Crippen LogP contribution in [0.3, 0.4) is 0 Å². The van der Waals surface area contributed by atoms with Crippen molar-refractivity contribution in [3.8, 4) is 11.1 Å². The summed E-state index contributed by atoms with van der Waals surface area (Å²) in [4.78, 5) is 24.8. The first-order valence-corrected chi connectivity index (χ1v) is 7.65. The third kappa shape index (κ3) is 3.93. The average molecular weight is 337 g/mol. The van der Waals surface area contributed by atoms with Gasteiger partial charge in [0, 0.05) is 31.4 Å². The SMILES string of the molecule is CCCCC(=O)c1cn(C)cc(-c2cccc(C(F)(F)F)c2)c1=O. The van der Waals surface area contributed by atoms with Crippen LogP contribution < -0.4 is 5.43 Å². The number of aryl methyl sites for hydroxylation is 1. The lowest BCUT2D eigenvalue weighted by Crippen LogP contribution is -2.19. The molecule has 128 valence electrons. The van der Waals surface area contributed by atoms with Crippen LogP contribution in [0.15, 0.2) is 41.5 Å². The molecule has 0 N–H and O–H groups in total. The summed E-state index contributed by atoms with van der Waals surface area (Å²) in [5.41, 5.74) is -1.11. The van der Waals surface area contributed by atoms with E-state index in [0.29, 0.717) is 6.42 Å². The second-order valence-electron chi connectivity index (χ2n) is 5.69. The van der Waals surface area contributed by atoms with Crippen molar-refractivity contribution in [3.05, 3.63) is 58.0 Å². The summed E-state index contributed by atoms with van der Waals surface area (Å²) >= 11 is 0. The van der Waals surface area contributed by atoms with Crippen molar-refractivity contribution in [2.75, 3.05) is 0 Å². The molecular formula is C18H18F3NO2. The highest BCUT2D eigenvalue weighted by Gasteiger charge is 2.30. The Morgan fingerprint density at radius 3 is 2.54 bits per heavy atom. The fourth-order valence-corrected chi connectivity index (χ4v) is 2.45. The zero-order chi connectivity index (χ0) is 17.9. The normalized spacial score (nSPS) is 11.5. The smallest absolute Gasteiger partial charge is 0.356 e. The molecule has 24 heavy (non-hydrogen) atoms. The van der Waals surface area contributed by atoms with Gasteiger partial charge in [-0.3, -0.25) is 9.59 Å². The first-order chi connectivity index (χ1) is 11.2. The summed E-state index contributed by atoms with van der Waals surface area (Å²) < 4.78 is 40.1. The van der Waals surface area contributed by atoms with Gasteiger partial charge in [0.25, 0.3) is 0 Å². The van der Waals surface area contributed by atoms with E-state index in [-0.39, 0.29) is 28.9 Å². The quantitative estimate of drug-likeness (QED) is 0.757. The fraction of sp³-hybridized carbons (Fsp3) is 0.333. The van der Waals surface area contributed by atoms with Crippen LogP contribution >= 0.6 is 0 Å². The van der Waals surface area contributed by atoms with Crippen LogP contribution in [0.2, 0.25) is 0 Å². The Hall–Kier alpha value is -2.37. The molecule has 0 fully saturated rings. The minimum absolute atomic E-state index is 0.0147. The highest BCUT2D eigenvalue weighted by atomic mass is 19.4. The molecule has 2 aromatic rings. The molecule has 1 aromatic carbocycles. The Morgan fingerprint density at radius 1 is 1.21 bits per heavy atom. The summed E-state index contributed by atoms with van der Waals surface area (Å²) in [5, 5.41) is 0. The molecule has 0 saturated carbocycles. The minimum atomic E-state index is -4.49. The molecule has 0 aliphatic carbocycles. The monoisotopic (exact) mass is 337 g/mol. The van der Waals surface area contributed by atoms with Gasteiger partial charge in [0.2, 0.25) is 0 Å². The van der Waals surface area contributed by atoms with Crippen LogP contribution in [0, 0.1) is 0 Å². The molecule has 0 spiro atoms. The van der Waals surface area contributed by atoms with Crippen molar-refractivity contribution < 1.29 is 18.0 Å². The topological polar surface area (TPSA) is 39.1 Å². The van der Waals surface area contributed by atoms with E-state index < -0.39 is 17.2 Å². The van der Waals surface area contributed by atoms with E-state index in [1.807, 2.05) is 6.92 Å². The molecule has 0 saturated heterocycles. The fourth-order valence-electron chi connectivity index (χ4n) is 2.45. The number of halogens is 3. The second kappa shape index (κ2) is 7.03. The molecule has 0 aliphatic heterocycles. The third-order valence-corrected chi connectivity index (χ3v) is 3.71. The van der Waals surface area contributed by atoms with Crippen LogP contribution in [-0.4, -0.2) is 10.4 Å². The van der Waals surface area contributed by atoms with Crippen LogP contribution in [-0.2, 0) is 13.2 Å². The number of hydrogen-bond acceptors (Lipinski definition) is 2. The maximum absolute atomic E-state index is 12.9. The lowest BCUT2D eigenvalue weighted by atomic mass is 9.99. The van der Waals surface area contributed by atoms with Crippen LogP contribution in [0.25, 0.3) is 11.1 Å². The molecule has 6 heteroatoms. The van der Waals surface area contributed by atoms with Gasteiger partial charge in [0.15, 0.2) is 11.2 Å². The number of carbonyl (C=O) groups excluding carboxylic acids is 1. The van der Waals surface area contributed by atoms with Gasteiger partial charge in [-0.15, -0.1) is 0 Å². The number of rotatable bonds is 5. The summed E-state index contributed by atoms with van der Waals surface area (Å²) in [7, 11) is 1.63. The maximum atomic E-state index is 12.9. The van der Waals surface area contributed by atoms with Gasteiger partial charge in [-0.25, -0.2) is 0 Å². The molecule has 1 aromatic heterocycles. The molecule has 0 bridgehead atoms. The Morgan fingerprint density at radius 2 is 1.92 bits per heavy atom. The van der Waals surface area contributed by atoms with Crippen molar-refractivity contribution in [2.24, 2.45) is 7.05 Å². The Balaban J connectivity index is 2.54. The van der Waals surface area contributed by atoms with E-state index in [9.17, 15) is 22.8 Å². The molecule has 0 unspecified atom stereocenters. The first-order valence-electron chi connectivity index (χ1n) is 7.65. The third-order valence-electron chi connectivity index (χ3n) is 3.71. The molecule has 0 radical (unpaired) electrons. The second-order valence-corrected chi connectivity index (χ2v) is 5.69. The van der Waals surface area contributed by atoms with Crippen LogP contribution in [0.5, 0.6) is 0 Å². The lowest BCUT2D eigenvalue weighted by Gasteiger charge is -2.11. The number of aromatic nitrogens is 1. The summed E-state index contributed by atoms with van der Waals surface area (Å²) in [6.45, 7) is 1.93. The molecule has 0 atom stereocenters. The summed E-state index contributed by atoms with van der Waals surface area (Å²) in [6, 6.07) is 4.57. The molecule has 3 nitrogen and oxygen atoms in total. The maximum Gasteiger partial charge on any atom is 0.416 e. The molecular weight excluding hydrogens is 319 g/mol. The van der Waals surface area contributed by atoms with E-state index in [4.69, 9.17) is 0 Å². The lowest BCUT2D eigenvalue weighted by molar-refractivity contribution is -0.137. The average Bonchev–Trinajstić information content (AvgIpc) is 2.53. The molecule has 2 rings (SSSR count). The van der Waals surface area contributed by atoms with E-state index in [1.165, 1.54) is 29.1 Å². The number of pyridine rings is 1. The van der Waals surface area contributed by atoms with Gasteiger partial charge in [0.05, 0.1) is 11.1 Å². The molecule has 1 heterocycles. The van der Waals surface area contributed by atoms with E-state index >= 15 is 0 Å². The zero-order valence-electron chi connectivity index (χ0n) is 13.5. The Labute approximate surface area is 137 Å². The number of nitrogens with zero attached hydrogens (tertiary/aromatic N) is 1. The number of Topliss-reactive ketones (excluding diaryl/α,β-unsaturated/α-hetero) is 1. The van der Waals surface area contributed by atoms with E-state index in [0.717, 1.165) is 18.6 Å². The number of benzene rings is 1. The van der Waals surface area contributed by atoms with Gasteiger partial charge in [-0.1, -0.05) is 25.5 Å². The zero-order valence-corrected chi connectivity index (χ0v) is 13.5. The Bertz CT molecular complexity index is 807. The number of ketones is 1. The van der Waals surface area contributed by atoms with Gasteiger partial charge in [0.1, 0.15) is 0 Å². The van der Waals surface area contributed by atoms with Crippen LogP contribution in [0.4, 0.5) is 13.2 Å². The number of carbonyl (C=O) groups is 1. The minimum Gasteiger partial charge on any atom is -0.356 e. The highest BCUT2D eigenvalue weighted by Crippen LogP contribution is 2.31. The summed E-state index contributed by atoms with van der Waals surface area (Å²) in [6.07, 6.45) is 0.106. The predicted molar refractivity (Wildman–Crippen MR) is 86.0 cm³/mol. The molecule has 0 aliphatic rings. The highest BCUT2D eigenvalue weighted by molar-refractivity contribution is 5.96. The van der Waals surface area contributed by atoms with Gasteiger partial charge < -0.3 is 4.57 Å². The largest absolute Gasteiger partial charge is 0.416 e. The number of alkyl halides is 3. The summed E-state index contributed by atoms with van der Waals surface area (Å²) in [5.74, 6) is -0.286. The number of unbranched alkanes of at least 4 members (excludes halogenated alkanes) is 1. The van der Waals surface area contributed by atoms with Crippen molar-refractivity contribution in [2.45, 2.75) is 32.4 Å². The van der Waals surface area contributed by atoms with Crippen molar-refractivity contribution in [1.29, 1.82) is 0 Å². The van der Waals surface area contributed by atoms with E-state index in [2.05, 4.69) is 0 Å². The predicted octanol–water partition coefficient (Wildman–Crippen LogP) is 4.44. The Kier molecular flexibility index (Phi) is 5.26. The van der Waals surface area contributed by atoms with Gasteiger partial charge >= 0.3 is 6.18 Å². The van der Waals surface area contributed by atoms with Crippen molar-refractivity contribution >= 4 is 5.78 Å². The van der Waals surface area contributed by atoms with Gasteiger partial charge in [-0.2, -0.15) is 13.2 Å². The first kappa shape index (κ1) is 18.0. The van der Waals surface area contributed by atoms with E-state index in [1.54, 1.807) is 7.05 Å². The standard InChI is InChI=1S/C18H18F3NO2/c1-3-4-8-16(23)15-11-22(2)10-14(17(15)24)12-6-5-7-13(9-12)18(19,20)21/h5-7,9-11H,3-4,8H2,1-2H3. The van der Waals surface area contributed by atoms with Crippen LogP contribution in [0.1, 0.15) is 42.1 Å². The van der Waals surface area contributed by atoms with Gasteiger partial charge in [-0.05, 0) is 24.1 Å².